The van der Waals surface area contributed by atoms with Gasteiger partial charge in [-0.3, -0.25) is 0 Å². The molecule has 4 heteroatoms. The van der Waals surface area contributed by atoms with Crippen molar-refractivity contribution in [2.45, 2.75) is 70.5 Å². The van der Waals surface area contributed by atoms with Gasteiger partial charge >= 0.3 is 0 Å². The molecule has 0 amide bonds. The van der Waals surface area contributed by atoms with Gasteiger partial charge in [-0.25, -0.2) is 4.98 Å². The number of pyridine rings is 1. The Balaban J connectivity index is 1.73. The second-order valence-electron chi connectivity index (χ2n) is 6.41. The van der Waals surface area contributed by atoms with E-state index in [0.717, 1.165) is 30.0 Å². The zero-order chi connectivity index (χ0) is 14.7. The van der Waals surface area contributed by atoms with Gasteiger partial charge < -0.3 is 10.2 Å². The van der Waals surface area contributed by atoms with E-state index in [0.29, 0.717) is 6.04 Å². The molecular formula is C17H26ClN3. The SMILES string of the molecule is CCC1CCCCCN1c1ncc(CNC2CC2)cc1Cl. The van der Waals surface area contributed by atoms with Crippen LogP contribution in [0.4, 0.5) is 5.82 Å². The zero-order valence-electron chi connectivity index (χ0n) is 12.9. The number of halogens is 1. The molecule has 1 saturated carbocycles. The Kier molecular flexibility index (Phi) is 5.02. The fourth-order valence-electron chi connectivity index (χ4n) is 3.21. The van der Waals surface area contributed by atoms with Crippen LogP contribution in [0.25, 0.3) is 0 Å². The summed E-state index contributed by atoms with van der Waals surface area (Å²) < 4.78 is 0. The van der Waals surface area contributed by atoms with Crippen molar-refractivity contribution in [3.63, 3.8) is 0 Å². The molecule has 2 heterocycles. The van der Waals surface area contributed by atoms with Crippen LogP contribution in [0.3, 0.4) is 0 Å². The summed E-state index contributed by atoms with van der Waals surface area (Å²) in [4.78, 5) is 7.13. The number of aromatic nitrogens is 1. The highest BCUT2D eigenvalue weighted by molar-refractivity contribution is 6.33. The molecule has 21 heavy (non-hydrogen) atoms. The van der Waals surface area contributed by atoms with Crippen LogP contribution in [0.1, 0.15) is 57.4 Å². The number of hydrogen-bond donors (Lipinski definition) is 1. The first-order chi connectivity index (χ1) is 10.3. The maximum absolute atomic E-state index is 6.54. The number of hydrogen-bond acceptors (Lipinski definition) is 3. The van der Waals surface area contributed by atoms with E-state index in [2.05, 4.69) is 23.2 Å². The number of anilines is 1. The van der Waals surface area contributed by atoms with Crippen LogP contribution in [0.5, 0.6) is 0 Å². The van der Waals surface area contributed by atoms with Gasteiger partial charge in [0.1, 0.15) is 5.82 Å². The average Bonchev–Trinajstić information content (AvgIpc) is 3.32. The molecular weight excluding hydrogens is 282 g/mol. The maximum Gasteiger partial charge on any atom is 0.147 e. The van der Waals surface area contributed by atoms with Crippen molar-refractivity contribution in [1.82, 2.24) is 10.3 Å². The minimum absolute atomic E-state index is 0.591. The summed E-state index contributed by atoms with van der Waals surface area (Å²) in [5.74, 6) is 0.987. The lowest BCUT2D eigenvalue weighted by Gasteiger charge is -2.31. The predicted molar refractivity (Wildman–Crippen MR) is 89.0 cm³/mol. The van der Waals surface area contributed by atoms with Crippen LogP contribution in [-0.4, -0.2) is 23.6 Å². The van der Waals surface area contributed by atoms with Gasteiger partial charge in [0.05, 0.1) is 5.02 Å². The molecule has 1 aromatic rings. The fraction of sp³-hybridized carbons (Fsp3) is 0.706. The van der Waals surface area contributed by atoms with Crippen LogP contribution in [-0.2, 0) is 6.54 Å². The molecule has 2 fully saturated rings. The Hall–Kier alpha value is -0.800. The average molecular weight is 308 g/mol. The lowest BCUT2D eigenvalue weighted by atomic mass is 10.1. The lowest BCUT2D eigenvalue weighted by molar-refractivity contribution is 0.552. The van der Waals surface area contributed by atoms with Crippen LogP contribution < -0.4 is 10.2 Å². The monoisotopic (exact) mass is 307 g/mol. The molecule has 0 bridgehead atoms. The largest absolute Gasteiger partial charge is 0.352 e. The fourth-order valence-corrected chi connectivity index (χ4v) is 3.51. The van der Waals surface area contributed by atoms with Crippen molar-refractivity contribution in [2.75, 3.05) is 11.4 Å². The molecule has 1 atom stereocenters. The Labute approximate surface area is 133 Å². The summed E-state index contributed by atoms with van der Waals surface area (Å²) in [6, 6.07) is 3.41. The highest BCUT2D eigenvalue weighted by atomic mass is 35.5. The Bertz CT molecular complexity index is 473. The Morgan fingerprint density at radius 1 is 1.29 bits per heavy atom. The molecule has 1 aliphatic carbocycles. The van der Waals surface area contributed by atoms with E-state index in [-0.39, 0.29) is 0 Å². The summed E-state index contributed by atoms with van der Waals surface area (Å²) in [6.07, 6.45) is 11.0. The van der Waals surface area contributed by atoms with Crippen molar-refractivity contribution in [3.8, 4) is 0 Å². The van der Waals surface area contributed by atoms with E-state index >= 15 is 0 Å². The first kappa shape index (κ1) is 15.1. The quantitative estimate of drug-likeness (QED) is 0.886. The van der Waals surface area contributed by atoms with E-state index in [1.165, 1.54) is 50.5 Å². The molecule has 0 radical (unpaired) electrons. The molecule has 3 rings (SSSR count). The van der Waals surface area contributed by atoms with Gasteiger partial charge in [-0.2, -0.15) is 0 Å². The van der Waals surface area contributed by atoms with E-state index in [9.17, 15) is 0 Å². The first-order valence-electron chi connectivity index (χ1n) is 8.42. The third-order valence-corrected chi connectivity index (χ3v) is 4.95. The topological polar surface area (TPSA) is 28.2 Å². The van der Waals surface area contributed by atoms with Gasteiger partial charge in [-0.05, 0) is 43.7 Å². The smallest absolute Gasteiger partial charge is 0.147 e. The van der Waals surface area contributed by atoms with Gasteiger partial charge in [0.2, 0.25) is 0 Å². The predicted octanol–water partition coefficient (Wildman–Crippen LogP) is 4.15. The van der Waals surface area contributed by atoms with Crippen LogP contribution in [0.2, 0.25) is 5.02 Å². The van der Waals surface area contributed by atoms with Crippen LogP contribution in [0.15, 0.2) is 12.3 Å². The molecule has 0 aromatic carbocycles. The van der Waals surface area contributed by atoms with Crippen molar-refractivity contribution >= 4 is 17.4 Å². The normalized spacial score (nSPS) is 23.1. The summed E-state index contributed by atoms with van der Waals surface area (Å²) in [6.45, 7) is 4.24. The van der Waals surface area contributed by atoms with E-state index in [1.54, 1.807) is 0 Å². The third-order valence-electron chi connectivity index (χ3n) is 4.67. The minimum Gasteiger partial charge on any atom is -0.352 e. The molecule has 2 aliphatic rings. The van der Waals surface area contributed by atoms with Crippen molar-refractivity contribution in [3.05, 3.63) is 22.8 Å². The maximum atomic E-state index is 6.54. The summed E-state index contributed by atoms with van der Waals surface area (Å²) in [7, 11) is 0. The lowest BCUT2D eigenvalue weighted by Crippen LogP contribution is -2.35. The molecule has 1 unspecified atom stereocenters. The van der Waals surface area contributed by atoms with Crippen molar-refractivity contribution < 1.29 is 0 Å². The highest BCUT2D eigenvalue weighted by Crippen LogP contribution is 2.30. The number of nitrogens with zero attached hydrogens (tertiary/aromatic N) is 2. The van der Waals surface area contributed by atoms with E-state index in [1.807, 2.05) is 6.20 Å². The molecule has 1 N–H and O–H groups in total. The summed E-state index contributed by atoms with van der Waals surface area (Å²) >= 11 is 6.54. The van der Waals surface area contributed by atoms with Crippen LogP contribution in [0, 0.1) is 0 Å². The molecule has 0 spiro atoms. The second kappa shape index (κ2) is 6.97. The van der Waals surface area contributed by atoms with E-state index in [4.69, 9.17) is 16.6 Å². The van der Waals surface area contributed by atoms with Crippen molar-refractivity contribution in [1.29, 1.82) is 0 Å². The van der Waals surface area contributed by atoms with Crippen LogP contribution >= 0.6 is 11.6 Å². The van der Waals surface area contributed by atoms with Gasteiger partial charge in [0, 0.05) is 31.4 Å². The first-order valence-corrected chi connectivity index (χ1v) is 8.80. The second-order valence-corrected chi connectivity index (χ2v) is 6.82. The standard InChI is InChI=1S/C17H26ClN3/c1-2-15-6-4-3-5-9-21(15)17-16(18)10-13(12-20-17)11-19-14-7-8-14/h10,12,14-15,19H,2-9,11H2,1H3. The van der Waals surface area contributed by atoms with Gasteiger partial charge in [0.25, 0.3) is 0 Å². The Morgan fingerprint density at radius 2 is 2.14 bits per heavy atom. The molecule has 1 aromatic heterocycles. The van der Waals surface area contributed by atoms with Crippen molar-refractivity contribution in [2.24, 2.45) is 0 Å². The molecule has 1 aliphatic heterocycles. The van der Waals surface area contributed by atoms with Gasteiger partial charge in [0.15, 0.2) is 0 Å². The number of rotatable bonds is 5. The molecule has 3 nitrogen and oxygen atoms in total. The Morgan fingerprint density at radius 3 is 2.86 bits per heavy atom. The zero-order valence-corrected chi connectivity index (χ0v) is 13.7. The summed E-state index contributed by atoms with van der Waals surface area (Å²) in [5, 5.41) is 4.33. The minimum atomic E-state index is 0.591. The molecule has 1 saturated heterocycles. The van der Waals surface area contributed by atoms with E-state index < -0.39 is 0 Å². The van der Waals surface area contributed by atoms with Gasteiger partial charge in [-0.1, -0.05) is 31.4 Å². The summed E-state index contributed by atoms with van der Waals surface area (Å²) in [5.41, 5.74) is 1.19. The van der Waals surface area contributed by atoms with Gasteiger partial charge in [-0.15, -0.1) is 0 Å². The highest BCUT2D eigenvalue weighted by Gasteiger charge is 2.23. The third kappa shape index (κ3) is 3.89. The number of nitrogens with one attached hydrogen (secondary N) is 1. The molecule has 116 valence electrons.